The number of hydrogen-bond donors (Lipinski definition) is 3. The van der Waals surface area contributed by atoms with E-state index in [-0.39, 0.29) is 24.0 Å². The summed E-state index contributed by atoms with van der Waals surface area (Å²) in [4.78, 5) is 19.9. The van der Waals surface area contributed by atoms with Gasteiger partial charge in [0, 0.05) is 28.6 Å². The number of aromatic nitrogens is 2. The number of thiazole rings is 1. The van der Waals surface area contributed by atoms with Crippen molar-refractivity contribution in [2.75, 3.05) is 6.61 Å². The highest BCUT2D eigenvalue weighted by molar-refractivity contribution is 7.09. The summed E-state index contributed by atoms with van der Waals surface area (Å²) in [5.74, 6) is -0.121. The van der Waals surface area contributed by atoms with Crippen molar-refractivity contribution in [3.8, 4) is 11.3 Å². The fourth-order valence-electron chi connectivity index (χ4n) is 3.07. The third kappa shape index (κ3) is 2.80. The zero-order chi connectivity index (χ0) is 15.7. The molecule has 3 rings (SSSR count). The SMILES string of the molecule is Cc1nc(-c2c[nH]c(C(=O)NC3CCCC3(C)CO)c2)cs1. The monoisotopic (exact) mass is 319 g/mol. The summed E-state index contributed by atoms with van der Waals surface area (Å²) in [5.41, 5.74) is 2.13. The second kappa shape index (κ2) is 5.85. The maximum Gasteiger partial charge on any atom is 0.267 e. The number of nitrogens with one attached hydrogen (secondary N) is 2. The van der Waals surface area contributed by atoms with E-state index >= 15 is 0 Å². The van der Waals surface area contributed by atoms with Gasteiger partial charge in [-0.05, 0) is 25.8 Å². The molecule has 5 nitrogen and oxygen atoms in total. The van der Waals surface area contributed by atoms with Crippen molar-refractivity contribution in [1.82, 2.24) is 15.3 Å². The second-order valence-electron chi connectivity index (χ2n) is 6.28. The molecule has 2 heterocycles. The predicted molar refractivity (Wildman–Crippen MR) is 86.9 cm³/mol. The number of hydrogen-bond acceptors (Lipinski definition) is 4. The number of nitrogens with zero attached hydrogens (tertiary/aromatic N) is 1. The molecule has 0 aliphatic heterocycles. The van der Waals surface area contributed by atoms with Gasteiger partial charge in [0.05, 0.1) is 17.3 Å². The normalized spacial score (nSPS) is 24.6. The molecule has 2 unspecified atom stereocenters. The van der Waals surface area contributed by atoms with Gasteiger partial charge in [0.25, 0.3) is 5.91 Å². The van der Waals surface area contributed by atoms with Crippen molar-refractivity contribution in [2.24, 2.45) is 5.41 Å². The molecule has 0 saturated heterocycles. The minimum absolute atomic E-state index is 0.0262. The number of carbonyl (C=O) groups is 1. The van der Waals surface area contributed by atoms with Crippen molar-refractivity contribution >= 4 is 17.2 Å². The molecule has 1 amide bonds. The van der Waals surface area contributed by atoms with Gasteiger partial charge in [-0.1, -0.05) is 13.3 Å². The van der Waals surface area contributed by atoms with E-state index in [1.807, 2.05) is 31.5 Å². The maximum atomic E-state index is 12.4. The summed E-state index contributed by atoms with van der Waals surface area (Å²) in [5, 5.41) is 15.6. The van der Waals surface area contributed by atoms with E-state index in [1.54, 1.807) is 11.3 Å². The van der Waals surface area contributed by atoms with Crippen molar-refractivity contribution in [2.45, 2.75) is 39.2 Å². The van der Waals surface area contributed by atoms with E-state index in [2.05, 4.69) is 15.3 Å². The molecule has 1 fully saturated rings. The zero-order valence-electron chi connectivity index (χ0n) is 12.8. The lowest BCUT2D eigenvalue weighted by Crippen LogP contribution is -2.44. The van der Waals surface area contributed by atoms with E-state index in [1.165, 1.54) is 0 Å². The Hall–Kier alpha value is -1.66. The van der Waals surface area contributed by atoms with E-state index in [4.69, 9.17) is 0 Å². The third-order valence-electron chi connectivity index (χ3n) is 4.59. The van der Waals surface area contributed by atoms with Gasteiger partial charge in [-0.2, -0.15) is 0 Å². The number of amides is 1. The van der Waals surface area contributed by atoms with Crippen molar-refractivity contribution in [3.05, 3.63) is 28.3 Å². The van der Waals surface area contributed by atoms with Crippen LogP contribution in [0.4, 0.5) is 0 Å². The van der Waals surface area contributed by atoms with E-state index in [9.17, 15) is 9.90 Å². The van der Waals surface area contributed by atoms with Gasteiger partial charge in [0.15, 0.2) is 0 Å². The second-order valence-corrected chi connectivity index (χ2v) is 7.35. The summed E-state index contributed by atoms with van der Waals surface area (Å²) < 4.78 is 0. The molecule has 2 aromatic rings. The molecular weight excluding hydrogens is 298 g/mol. The Bertz CT molecular complexity index is 678. The maximum absolute atomic E-state index is 12.4. The highest BCUT2D eigenvalue weighted by atomic mass is 32.1. The van der Waals surface area contributed by atoms with E-state index in [0.29, 0.717) is 5.69 Å². The Morgan fingerprint density at radius 1 is 1.64 bits per heavy atom. The summed E-state index contributed by atoms with van der Waals surface area (Å²) >= 11 is 1.59. The lowest BCUT2D eigenvalue weighted by Gasteiger charge is -2.29. The number of aliphatic hydroxyl groups is 1. The zero-order valence-corrected chi connectivity index (χ0v) is 13.7. The smallest absolute Gasteiger partial charge is 0.267 e. The number of aliphatic hydroxyl groups excluding tert-OH is 1. The Balaban J connectivity index is 1.72. The number of aromatic amines is 1. The summed E-state index contributed by atoms with van der Waals surface area (Å²) in [6.07, 6.45) is 4.71. The molecule has 118 valence electrons. The Morgan fingerprint density at radius 3 is 3.14 bits per heavy atom. The highest BCUT2D eigenvalue weighted by Gasteiger charge is 2.39. The van der Waals surface area contributed by atoms with E-state index < -0.39 is 0 Å². The van der Waals surface area contributed by atoms with Crippen LogP contribution in [-0.4, -0.2) is 33.6 Å². The highest BCUT2D eigenvalue weighted by Crippen LogP contribution is 2.37. The van der Waals surface area contributed by atoms with Crippen LogP contribution in [0.25, 0.3) is 11.3 Å². The predicted octanol–water partition coefficient (Wildman–Crippen LogP) is 2.73. The molecule has 22 heavy (non-hydrogen) atoms. The van der Waals surface area contributed by atoms with Crippen LogP contribution in [0.2, 0.25) is 0 Å². The molecule has 1 aliphatic carbocycles. The van der Waals surface area contributed by atoms with Crippen molar-refractivity contribution in [1.29, 1.82) is 0 Å². The lowest BCUT2D eigenvalue weighted by atomic mass is 9.86. The van der Waals surface area contributed by atoms with Gasteiger partial charge in [-0.15, -0.1) is 11.3 Å². The molecule has 0 aromatic carbocycles. The van der Waals surface area contributed by atoms with Crippen molar-refractivity contribution < 1.29 is 9.90 Å². The van der Waals surface area contributed by atoms with Gasteiger partial charge in [0.1, 0.15) is 5.69 Å². The van der Waals surface area contributed by atoms with Crippen LogP contribution >= 0.6 is 11.3 Å². The van der Waals surface area contributed by atoms with Crippen LogP contribution in [-0.2, 0) is 0 Å². The Kier molecular flexibility index (Phi) is 4.06. The fourth-order valence-corrected chi connectivity index (χ4v) is 3.70. The molecule has 0 spiro atoms. The number of carbonyl (C=O) groups excluding carboxylic acids is 1. The van der Waals surface area contributed by atoms with Gasteiger partial charge in [-0.3, -0.25) is 4.79 Å². The van der Waals surface area contributed by atoms with Gasteiger partial charge >= 0.3 is 0 Å². The van der Waals surface area contributed by atoms with Gasteiger partial charge in [-0.25, -0.2) is 4.98 Å². The Morgan fingerprint density at radius 2 is 2.45 bits per heavy atom. The number of rotatable bonds is 4. The van der Waals surface area contributed by atoms with Gasteiger partial charge < -0.3 is 15.4 Å². The molecule has 0 radical (unpaired) electrons. The largest absolute Gasteiger partial charge is 0.396 e. The Labute approximate surface area is 133 Å². The van der Waals surface area contributed by atoms with Crippen LogP contribution < -0.4 is 5.32 Å². The number of H-pyrrole nitrogens is 1. The van der Waals surface area contributed by atoms with Crippen LogP contribution in [0.3, 0.4) is 0 Å². The van der Waals surface area contributed by atoms with Gasteiger partial charge in [0.2, 0.25) is 0 Å². The molecule has 2 aromatic heterocycles. The molecule has 1 aliphatic rings. The molecule has 2 atom stereocenters. The average molecular weight is 319 g/mol. The standard InChI is InChI=1S/C16H21N3O2S/c1-10-18-13(8-22-10)11-6-12(17-7-11)15(21)19-14-4-3-5-16(14,2)9-20/h6-8,14,17,20H,3-5,9H2,1-2H3,(H,19,21). The molecule has 6 heteroatoms. The minimum Gasteiger partial charge on any atom is -0.396 e. The van der Waals surface area contributed by atoms with E-state index in [0.717, 1.165) is 35.5 Å². The van der Waals surface area contributed by atoms with Crippen LogP contribution in [0.1, 0.15) is 41.7 Å². The van der Waals surface area contributed by atoms with Crippen molar-refractivity contribution in [3.63, 3.8) is 0 Å². The molecule has 3 N–H and O–H groups in total. The summed E-state index contributed by atoms with van der Waals surface area (Å²) in [6, 6.07) is 1.85. The number of aryl methyl sites for hydroxylation is 1. The fraction of sp³-hybridized carbons (Fsp3) is 0.500. The molecule has 0 bridgehead atoms. The first-order valence-electron chi connectivity index (χ1n) is 7.54. The quantitative estimate of drug-likeness (QED) is 0.811. The minimum atomic E-state index is -0.211. The van der Waals surface area contributed by atoms with Crippen LogP contribution in [0.5, 0.6) is 0 Å². The molecular formula is C16H21N3O2S. The van der Waals surface area contributed by atoms with Crippen LogP contribution in [0.15, 0.2) is 17.6 Å². The first kappa shape index (κ1) is 15.2. The lowest BCUT2D eigenvalue weighted by molar-refractivity contribution is 0.0826. The average Bonchev–Trinajstić information content (AvgIpc) is 3.20. The van der Waals surface area contributed by atoms with Crippen LogP contribution in [0, 0.1) is 12.3 Å². The topological polar surface area (TPSA) is 78.0 Å². The first-order chi connectivity index (χ1) is 10.5. The summed E-state index contributed by atoms with van der Waals surface area (Å²) in [6.45, 7) is 4.10. The molecule has 1 saturated carbocycles. The summed E-state index contributed by atoms with van der Waals surface area (Å²) in [7, 11) is 0. The third-order valence-corrected chi connectivity index (χ3v) is 5.36. The first-order valence-corrected chi connectivity index (χ1v) is 8.42.